The van der Waals surface area contributed by atoms with Crippen molar-refractivity contribution in [2.75, 3.05) is 13.1 Å². The van der Waals surface area contributed by atoms with E-state index in [4.69, 9.17) is 11.6 Å². The van der Waals surface area contributed by atoms with Crippen LogP contribution in [0.2, 0.25) is 5.15 Å². The Morgan fingerprint density at radius 1 is 1.29 bits per heavy atom. The fraction of sp³-hybridized carbons (Fsp3) is 0.400. The van der Waals surface area contributed by atoms with E-state index in [9.17, 15) is 8.78 Å². The van der Waals surface area contributed by atoms with Crippen LogP contribution in [0, 0.1) is 18.6 Å². The number of nitrogens with one attached hydrogen (secondary N) is 1. The van der Waals surface area contributed by atoms with Crippen LogP contribution < -0.4 is 0 Å². The van der Waals surface area contributed by atoms with E-state index in [0.29, 0.717) is 17.3 Å². The number of halogens is 3. The number of rotatable bonds is 4. The normalized spacial score (nSPS) is 18.0. The van der Waals surface area contributed by atoms with Gasteiger partial charge in [0.25, 0.3) is 0 Å². The van der Waals surface area contributed by atoms with Crippen LogP contribution in [0.15, 0.2) is 24.4 Å². The third-order valence-electron chi connectivity index (χ3n) is 5.47. The van der Waals surface area contributed by atoms with E-state index in [0.717, 1.165) is 42.9 Å². The Morgan fingerprint density at radius 3 is 2.71 bits per heavy atom. The highest BCUT2D eigenvalue weighted by molar-refractivity contribution is 6.30. The predicted molar refractivity (Wildman–Crippen MR) is 104 cm³/mol. The molecule has 0 radical (unpaired) electrons. The monoisotopic (exact) mass is 405 g/mol. The van der Waals surface area contributed by atoms with Gasteiger partial charge in [-0.05, 0) is 38.4 Å². The van der Waals surface area contributed by atoms with Gasteiger partial charge in [-0.3, -0.25) is 14.7 Å². The Hall–Kier alpha value is -2.25. The van der Waals surface area contributed by atoms with Crippen LogP contribution in [0.25, 0.3) is 11.1 Å². The van der Waals surface area contributed by atoms with E-state index < -0.39 is 11.6 Å². The van der Waals surface area contributed by atoms with Gasteiger partial charge in [-0.2, -0.15) is 10.2 Å². The largest absolute Gasteiger partial charge is 0.298 e. The van der Waals surface area contributed by atoms with E-state index in [2.05, 4.69) is 20.2 Å². The van der Waals surface area contributed by atoms with Crippen LogP contribution in [0.5, 0.6) is 0 Å². The average molecular weight is 406 g/mol. The Bertz CT molecular complexity index is 976. The molecule has 148 valence electrons. The second-order valence-electron chi connectivity index (χ2n) is 7.35. The third-order valence-corrected chi connectivity index (χ3v) is 5.94. The zero-order valence-corrected chi connectivity index (χ0v) is 16.6. The first-order chi connectivity index (χ1) is 13.5. The first kappa shape index (κ1) is 19.1. The molecule has 0 spiro atoms. The van der Waals surface area contributed by atoms with Crippen LogP contribution in [-0.4, -0.2) is 38.0 Å². The molecule has 0 amide bonds. The van der Waals surface area contributed by atoms with Crippen LogP contribution in [0.3, 0.4) is 0 Å². The van der Waals surface area contributed by atoms with Crippen LogP contribution >= 0.6 is 11.6 Å². The number of aromatic nitrogens is 4. The van der Waals surface area contributed by atoms with Crippen LogP contribution in [0.1, 0.15) is 35.7 Å². The maximum absolute atomic E-state index is 14.3. The summed E-state index contributed by atoms with van der Waals surface area (Å²) in [6.45, 7) is 4.36. The summed E-state index contributed by atoms with van der Waals surface area (Å²) >= 11 is 6.38. The molecule has 4 rings (SSSR count). The second-order valence-corrected chi connectivity index (χ2v) is 7.70. The van der Waals surface area contributed by atoms with Gasteiger partial charge in [-0.15, -0.1) is 0 Å². The zero-order chi connectivity index (χ0) is 19.8. The molecule has 0 unspecified atom stereocenters. The van der Waals surface area contributed by atoms with Crippen molar-refractivity contribution >= 4 is 11.6 Å². The minimum atomic E-state index is -0.576. The van der Waals surface area contributed by atoms with Crippen molar-refractivity contribution in [3.05, 3.63) is 58.1 Å². The molecule has 1 atom stereocenters. The van der Waals surface area contributed by atoms with E-state index in [1.807, 2.05) is 14.0 Å². The summed E-state index contributed by atoms with van der Waals surface area (Å²) in [6.07, 6.45) is 3.43. The lowest BCUT2D eigenvalue weighted by Gasteiger charge is -2.32. The standard InChI is InChI=1S/C20H22ClF2N5/c1-12-15(20(21)27(2)26-12)11-28-8-4-5-13(10-28)19-14(9-24-25-19)18-16(22)6-3-7-17(18)23/h3,6-7,9,13H,4-5,8,10-11H2,1-2H3,(H,24,25)/t13-/m1/s1. The number of nitrogens with zero attached hydrogens (tertiary/aromatic N) is 4. The molecule has 1 saturated heterocycles. The minimum Gasteiger partial charge on any atom is -0.298 e. The maximum Gasteiger partial charge on any atom is 0.134 e. The first-order valence-electron chi connectivity index (χ1n) is 9.33. The van der Waals surface area contributed by atoms with Gasteiger partial charge in [-0.1, -0.05) is 17.7 Å². The molecule has 5 nitrogen and oxygen atoms in total. The van der Waals surface area contributed by atoms with Crippen molar-refractivity contribution in [2.45, 2.75) is 32.2 Å². The highest BCUT2D eigenvalue weighted by Crippen LogP contribution is 2.36. The summed E-state index contributed by atoms with van der Waals surface area (Å²) < 4.78 is 30.3. The number of benzene rings is 1. The average Bonchev–Trinajstić information content (AvgIpc) is 3.23. The summed E-state index contributed by atoms with van der Waals surface area (Å²) in [7, 11) is 1.83. The predicted octanol–water partition coefficient (Wildman–Crippen LogP) is 4.43. The Morgan fingerprint density at radius 2 is 2.04 bits per heavy atom. The van der Waals surface area contributed by atoms with Crippen molar-refractivity contribution in [1.82, 2.24) is 24.9 Å². The fourth-order valence-corrected chi connectivity index (χ4v) is 4.31. The van der Waals surface area contributed by atoms with E-state index in [1.54, 1.807) is 4.68 Å². The summed E-state index contributed by atoms with van der Waals surface area (Å²) in [4.78, 5) is 2.31. The molecule has 1 fully saturated rings. The second kappa shape index (κ2) is 7.64. The molecule has 28 heavy (non-hydrogen) atoms. The molecule has 1 aliphatic heterocycles. The molecule has 0 aliphatic carbocycles. The lowest BCUT2D eigenvalue weighted by atomic mass is 9.90. The minimum absolute atomic E-state index is 0.0190. The lowest BCUT2D eigenvalue weighted by molar-refractivity contribution is 0.198. The fourth-order valence-electron chi connectivity index (χ4n) is 4.07. The van der Waals surface area contributed by atoms with Crippen molar-refractivity contribution < 1.29 is 8.78 Å². The van der Waals surface area contributed by atoms with E-state index in [1.165, 1.54) is 24.4 Å². The van der Waals surface area contributed by atoms with Crippen LogP contribution in [-0.2, 0) is 13.6 Å². The van der Waals surface area contributed by atoms with Gasteiger partial charge in [-0.25, -0.2) is 8.78 Å². The van der Waals surface area contributed by atoms with Gasteiger partial charge in [0.05, 0.1) is 17.5 Å². The van der Waals surface area contributed by atoms with Gasteiger partial charge in [0.2, 0.25) is 0 Å². The van der Waals surface area contributed by atoms with Gasteiger partial charge in [0, 0.05) is 42.9 Å². The van der Waals surface area contributed by atoms with Gasteiger partial charge in [0.15, 0.2) is 0 Å². The third kappa shape index (κ3) is 3.44. The Kier molecular flexibility index (Phi) is 5.21. The first-order valence-corrected chi connectivity index (χ1v) is 9.71. The van der Waals surface area contributed by atoms with E-state index >= 15 is 0 Å². The highest BCUT2D eigenvalue weighted by Gasteiger charge is 2.28. The Labute approximate surface area is 167 Å². The van der Waals surface area contributed by atoms with Gasteiger partial charge < -0.3 is 0 Å². The molecule has 1 N–H and O–H groups in total. The molecule has 1 aromatic carbocycles. The molecule has 3 aromatic rings. The Balaban J connectivity index is 1.59. The summed E-state index contributed by atoms with van der Waals surface area (Å²) in [5.41, 5.74) is 3.20. The van der Waals surface area contributed by atoms with Gasteiger partial charge in [0.1, 0.15) is 16.8 Å². The summed E-state index contributed by atoms with van der Waals surface area (Å²) in [6, 6.07) is 3.92. The molecule has 0 bridgehead atoms. The SMILES string of the molecule is Cc1nn(C)c(Cl)c1CN1CCC[C@@H](c2[nH]ncc2-c2c(F)cccc2F)C1. The number of aryl methyl sites for hydroxylation is 2. The van der Waals surface area contributed by atoms with Crippen molar-refractivity contribution in [3.63, 3.8) is 0 Å². The van der Waals surface area contributed by atoms with Gasteiger partial charge >= 0.3 is 0 Å². The summed E-state index contributed by atoms with van der Waals surface area (Å²) in [5, 5.41) is 12.1. The van der Waals surface area contributed by atoms with Crippen molar-refractivity contribution in [2.24, 2.45) is 7.05 Å². The molecular weight excluding hydrogens is 384 g/mol. The molecule has 3 heterocycles. The number of piperidine rings is 1. The van der Waals surface area contributed by atoms with E-state index in [-0.39, 0.29) is 11.5 Å². The smallest absolute Gasteiger partial charge is 0.134 e. The molecule has 2 aromatic heterocycles. The quantitative estimate of drug-likeness (QED) is 0.698. The summed E-state index contributed by atoms with van der Waals surface area (Å²) in [5.74, 6) is -1.04. The number of H-pyrrole nitrogens is 1. The molecule has 0 saturated carbocycles. The molecular formula is C20H22ClF2N5. The number of likely N-dealkylation sites (tertiary alicyclic amines) is 1. The lowest BCUT2D eigenvalue weighted by Crippen LogP contribution is -2.34. The molecule has 8 heteroatoms. The number of hydrogen-bond acceptors (Lipinski definition) is 3. The number of hydrogen-bond donors (Lipinski definition) is 1. The molecule has 1 aliphatic rings. The highest BCUT2D eigenvalue weighted by atomic mass is 35.5. The number of aromatic amines is 1. The maximum atomic E-state index is 14.3. The topological polar surface area (TPSA) is 49.7 Å². The zero-order valence-electron chi connectivity index (χ0n) is 15.8. The van der Waals surface area contributed by atoms with Crippen molar-refractivity contribution in [1.29, 1.82) is 0 Å². The van der Waals surface area contributed by atoms with Crippen LogP contribution in [0.4, 0.5) is 8.78 Å². The van der Waals surface area contributed by atoms with Crippen molar-refractivity contribution in [3.8, 4) is 11.1 Å².